The molecular weight excluding hydrogens is 184 g/mol. The van der Waals surface area contributed by atoms with Crippen LogP contribution in [0, 0.1) is 6.92 Å². The van der Waals surface area contributed by atoms with Gasteiger partial charge in [-0.3, -0.25) is 0 Å². The molecule has 0 saturated carbocycles. The SMILES string of the molecule is Cc1cccc(OC(C)(C)CCl)c1. The maximum absolute atomic E-state index is 5.76. The van der Waals surface area contributed by atoms with Crippen molar-refractivity contribution in [3.63, 3.8) is 0 Å². The van der Waals surface area contributed by atoms with Crippen molar-refractivity contribution in [1.82, 2.24) is 0 Å². The monoisotopic (exact) mass is 198 g/mol. The molecule has 0 aliphatic rings. The molecule has 0 saturated heterocycles. The minimum absolute atomic E-state index is 0.296. The largest absolute Gasteiger partial charge is 0.487 e. The van der Waals surface area contributed by atoms with E-state index in [0.29, 0.717) is 5.88 Å². The van der Waals surface area contributed by atoms with Gasteiger partial charge in [-0.15, -0.1) is 11.6 Å². The standard InChI is InChI=1S/C11H15ClO/c1-9-5-4-6-10(7-9)13-11(2,3)8-12/h4-7H,8H2,1-3H3. The Balaban J connectivity index is 2.74. The van der Waals surface area contributed by atoms with Crippen molar-refractivity contribution < 1.29 is 4.74 Å². The molecule has 0 heterocycles. The fourth-order valence-electron chi connectivity index (χ4n) is 1.03. The molecule has 0 radical (unpaired) electrons. The van der Waals surface area contributed by atoms with Crippen molar-refractivity contribution in [3.8, 4) is 5.75 Å². The second kappa shape index (κ2) is 4.01. The maximum Gasteiger partial charge on any atom is 0.120 e. The molecule has 0 aliphatic heterocycles. The molecule has 1 aromatic carbocycles. The summed E-state index contributed by atoms with van der Waals surface area (Å²) in [4.78, 5) is 0. The van der Waals surface area contributed by atoms with Crippen LogP contribution in [0.15, 0.2) is 24.3 Å². The zero-order valence-electron chi connectivity index (χ0n) is 8.30. The Morgan fingerprint density at radius 1 is 1.38 bits per heavy atom. The first-order valence-electron chi connectivity index (χ1n) is 4.35. The second-order valence-corrected chi connectivity index (χ2v) is 4.08. The summed E-state index contributed by atoms with van der Waals surface area (Å²) >= 11 is 5.76. The Bertz CT molecular complexity index is 281. The predicted octanol–water partition coefficient (Wildman–Crippen LogP) is 3.39. The van der Waals surface area contributed by atoms with E-state index in [-0.39, 0.29) is 5.60 Å². The van der Waals surface area contributed by atoms with E-state index in [2.05, 4.69) is 0 Å². The summed E-state index contributed by atoms with van der Waals surface area (Å²) in [6.07, 6.45) is 0. The van der Waals surface area contributed by atoms with Crippen LogP contribution in [-0.2, 0) is 0 Å². The van der Waals surface area contributed by atoms with Crippen LogP contribution in [0.3, 0.4) is 0 Å². The van der Waals surface area contributed by atoms with Crippen LogP contribution < -0.4 is 4.74 Å². The van der Waals surface area contributed by atoms with Crippen LogP contribution in [0.1, 0.15) is 19.4 Å². The summed E-state index contributed by atoms with van der Waals surface area (Å²) in [6, 6.07) is 7.98. The van der Waals surface area contributed by atoms with Crippen LogP contribution in [0.4, 0.5) is 0 Å². The predicted molar refractivity (Wildman–Crippen MR) is 56.6 cm³/mol. The molecule has 13 heavy (non-hydrogen) atoms. The molecule has 0 unspecified atom stereocenters. The molecule has 1 rings (SSSR count). The van der Waals surface area contributed by atoms with E-state index in [1.54, 1.807) is 0 Å². The fourth-order valence-corrected chi connectivity index (χ4v) is 1.08. The smallest absolute Gasteiger partial charge is 0.120 e. The van der Waals surface area contributed by atoms with Gasteiger partial charge in [0.05, 0.1) is 5.88 Å². The molecule has 0 atom stereocenters. The van der Waals surface area contributed by atoms with Gasteiger partial charge >= 0.3 is 0 Å². The van der Waals surface area contributed by atoms with Crippen molar-refractivity contribution in [3.05, 3.63) is 29.8 Å². The van der Waals surface area contributed by atoms with Gasteiger partial charge in [-0.25, -0.2) is 0 Å². The van der Waals surface area contributed by atoms with E-state index in [1.807, 2.05) is 45.0 Å². The molecule has 0 bridgehead atoms. The Labute approximate surface area is 84.7 Å². The van der Waals surface area contributed by atoms with Gasteiger partial charge in [-0.05, 0) is 38.5 Å². The number of hydrogen-bond donors (Lipinski definition) is 0. The van der Waals surface area contributed by atoms with Crippen molar-refractivity contribution in [2.45, 2.75) is 26.4 Å². The molecule has 0 N–H and O–H groups in total. The lowest BCUT2D eigenvalue weighted by Crippen LogP contribution is -2.30. The first kappa shape index (κ1) is 10.4. The molecule has 0 spiro atoms. The van der Waals surface area contributed by atoms with Gasteiger partial charge in [0, 0.05) is 0 Å². The quantitative estimate of drug-likeness (QED) is 0.677. The molecule has 2 heteroatoms. The van der Waals surface area contributed by atoms with E-state index in [1.165, 1.54) is 5.56 Å². The zero-order valence-corrected chi connectivity index (χ0v) is 9.06. The Morgan fingerprint density at radius 2 is 2.08 bits per heavy atom. The van der Waals surface area contributed by atoms with E-state index in [9.17, 15) is 0 Å². The Hall–Kier alpha value is -0.690. The maximum atomic E-state index is 5.76. The van der Waals surface area contributed by atoms with E-state index in [0.717, 1.165) is 5.75 Å². The second-order valence-electron chi connectivity index (χ2n) is 3.81. The van der Waals surface area contributed by atoms with Gasteiger partial charge in [0.1, 0.15) is 11.4 Å². The topological polar surface area (TPSA) is 9.23 Å². The highest BCUT2D eigenvalue weighted by Crippen LogP contribution is 2.20. The van der Waals surface area contributed by atoms with Crippen molar-refractivity contribution in [2.75, 3.05) is 5.88 Å². The van der Waals surface area contributed by atoms with Crippen LogP contribution in [0.25, 0.3) is 0 Å². The summed E-state index contributed by atoms with van der Waals surface area (Å²) < 4.78 is 5.70. The van der Waals surface area contributed by atoms with Crippen LogP contribution in [0.2, 0.25) is 0 Å². The number of hydrogen-bond acceptors (Lipinski definition) is 1. The number of ether oxygens (including phenoxy) is 1. The molecule has 0 aromatic heterocycles. The molecule has 1 nitrogen and oxygen atoms in total. The molecule has 0 amide bonds. The Kier molecular flexibility index (Phi) is 3.21. The summed E-state index contributed by atoms with van der Waals surface area (Å²) in [5.41, 5.74) is 0.901. The van der Waals surface area contributed by atoms with Crippen molar-refractivity contribution >= 4 is 11.6 Å². The van der Waals surface area contributed by atoms with Gasteiger partial charge in [0.25, 0.3) is 0 Å². The number of rotatable bonds is 3. The first-order valence-corrected chi connectivity index (χ1v) is 4.88. The van der Waals surface area contributed by atoms with Gasteiger partial charge < -0.3 is 4.74 Å². The number of halogens is 1. The fraction of sp³-hybridized carbons (Fsp3) is 0.455. The van der Waals surface area contributed by atoms with Crippen LogP contribution in [0.5, 0.6) is 5.75 Å². The van der Waals surface area contributed by atoms with Gasteiger partial charge in [-0.1, -0.05) is 12.1 Å². The Morgan fingerprint density at radius 3 is 2.62 bits per heavy atom. The summed E-state index contributed by atoms with van der Waals surface area (Å²) in [7, 11) is 0. The van der Waals surface area contributed by atoms with Gasteiger partial charge in [0.2, 0.25) is 0 Å². The number of benzene rings is 1. The minimum Gasteiger partial charge on any atom is -0.487 e. The lowest BCUT2D eigenvalue weighted by molar-refractivity contribution is 0.134. The van der Waals surface area contributed by atoms with Crippen LogP contribution in [-0.4, -0.2) is 11.5 Å². The highest BCUT2D eigenvalue weighted by Gasteiger charge is 2.17. The highest BCUT2D eigenvalue weighted by atomic mass is 35.5. The van der Waals surface area contributed by atoms with Gasteiger partial charge in [-0.2, -0.15) is 0 Å². The normalized spacial score (nSPS) is 11.4. The molecule has 0 fully saturated rings. The van der Waals surface area contributed by atoms with Crippen LogP contribution >= 0.6 is 11.6 Å². The molecule has 0 aliphatic carbocycles. The van der Waals surface area contributed by atoms with E-state index in [4.69, 9.17) is 16.3 Å². The third-order valence-corrected chi connectivity index (χ3v) is 2.35. The minimum atomic E-state index is -0.296. The summed E-state index contributed by atoms with van der Waals surface area (Å²) in [6.45, 7) is 5.99. The molecule has 72 valence electrons. The number of alkyl halides is 1. The zero-order chi connectivity index (χ0) is 9.90. The lowest BCUT2D eigenvalue weighted by atomic mass is 10.1. The third-order valence-electron chi connectivity index (χ3n) is 1.71. The third kappa shape index (κ3) is 3.27. The molecular formula is C11H15ClO. The average Bonchev–Trinajstić information content (AvgIpc) is 2.03. The average molecular weight is 199 g/mol. The lowest BCUT2D eigenvalue weighted by Gasteiger charge is -2.23. The summed E-state index contributed by atoms with van der Waals surface area (Å²) in [5, 5.41) is 0. The van der Waals surface area contributed by atoms with Crippen molar-refractivity contribution in [2.24, 2.45) is 0 Å². The number of aryl methyl sites for hydroxylation is 1. The summed E-state index contributed by atoms with van der Waals surface area (Å²) in [5.74, 6) is 1.37. The molecule has 1 aromatic rings. The van der Waals surface area contributed by atoms with E-state index < -0.39 is 0 Å². The van der Waals surface area contributed by atoms with Crippen molar-refractivity contribution in [1.29, 1.82) is 0 Å². The first-order chi connectivity index (χ1) is 6.03. The van der Waals surface area contributed by atoms with Gasteiger partial charge in [0.15, 0.2) is 0 Å². The highest BCUT2D eigenvalue weighted by molar-refractivity contribution is 6.18. The van der Waals surface area contributed by atoms with E-state index >= 15 is 0 Å².